The van der Waals surface area contributed by atoms with Gasteiger partial charge in [0.15, 0.2) is 0 Å². The highest BCUT2D eigenvalue weighted by Gasteiger charge is 2.12. The molecule has 0 aliphatic carbocycles. The lowest BCUT2D eigenvalue weighted by Crippen LogP contribution is -1.78. The molecule has 4 rings (SSSR count). The zero-order valence-electron chi connectivity index (χ0n) is 9.35. The summed E-state index contributed by atoms with van der Waals surface area (Å²) in [6, 6.07) is 13.6. The van der Waals surface area contributed by atoms with Gasteiger partial charge in [-0.05, 0) is 24.3 Å². The van der Waals surface area contributed by atoms with Crippen LogP contribution in [0.15, 0.2) is 53.1 Å². The number of nitrogens with zero attached hydrogens (tertiary/aromatic N) is 1. The first-order chi connectivity index (χ1) is 8.84. The summed E-state index contributed by atoms with van der Waals surface area (Å²) in [5, 5.41) is 3.62. The summed E-state index contributed by atoms with van der Waals surface area (Å²) in [6.45, 7) is 0. The number of hydrogen-bond acceptors (Lipinski definition) is 2. The maximum Gasteiger partial charge on any atom is 0.146 e. The van der Waals surface area contributed by atoms with Crippen molar-refractivity contribution in [3.05, 3.63) is 53.7 Å². The molecule has 0 fully saturated rings. The van der Waals surface area contributed by atoms with Crippen molar-refractivity contribution in [1.82, 2.24) is 4.98 Å². The first-order valence-electron chi connectivity index (χ1n) is 5.69. The lowest BCUT2D eigenvalue weighted by molar-refractivity contribution is 0.672. The van der Waals surface area contributed by atoms with Gasteiger partial charge in [0, 0.05) is 22.4 Å². The number of furan rings is 1. The van der Waals surface area contributed by atoms with Gasteiger partial charge in [0.25, 0.3) is 0 Å². The van der Waals surface area contributed by atoms with E-state index in [1.54, 1.807) is 0 Å². The third-order valence-electron chi connectivity index (χ3n) is 3.18. The third-order valence-corrected chi connectivity index (χ3v) is 3.50. The lowest BCUT2D eigenvalue weighted by Gasteiger charge is -1.96. The molecule has 2 aromatic carbocycles. The molecule has 0 aliphatic rings. The van der Waals surface area contributed by atoms with Gasteiger partial charge in [-0.15, -0.1) is 0 Å². The molecule has 0 unspecified atom stereocenters. The maximum atomic E-state index is 6.24. The van der Waals surface area contributed by atoms with Crippen LogP contribution in [-0.2, 0) is 0 Å². The second-order valence-corrected chi connectivity index (χ2v) is 4.64. The summed E-state index contributed by atoms with van der Waals surface area (Å²) in [5.41, 5.74) is 2.58. The average molecular weight is 254 g/mol. The van der Waals surface area contributed by atoms with Gasteiger partial charge < -0.3 is 4.42 Å². The summed E-state index contributed by atoms with van der Waals surface area (Å²) in [5.74, 6) is 0. The van der Waals surface area contributed by atoms with E-state index in [-0.39, 0.29) is 0 Å². The van der Waals surface area contributed by atoms with E-state index in [9.17, 15) is 0 Å². The van der Waals surface area contributed by atoms with Crippen molar-refractivity contribution in [3.63, 3.8) is 0 Å². The largest absolute Gasteiger partial charge is 0.455 e. The van der Waals surface area contributed by atoms with E-state index in [0.29, 0.717) is 5.02 Å². The van der Waals surface area contributed by atoms with Crippen molar-refractivity contribution < 1.29 is 4.42 Å². The standard InChI is InChI=1S/C15H8ClNO/c16-11-5-3-7-13-14(11)10-8-17-12-6-2-1-4-9(12)15(10)18-13/h1-8H. The fraction of sp³-hybridized carbons (Fsp3) is 0. The third kappa shape index (κ3) is 1.21. The summed E-state index contributed by atoms with van der Waals surface area (Å²) in [4.78, 5) is 4.45. The summed E-state index contributed by atoms with van der Waals surface area (Å²) < 4.78 is 5.92. The number of aromatic nitrogens is 1. The highest BCUT2D eigenvalue weighted by molar-refractivity contribution is 6.38. The number of para-hydroxylation sites is 1. The molecule has 0 radical (unpaired) electrons. The molecular weight excluding hydrogens is 246 g/mol. The molecule has 0 N–H and O–H groups in total. The van der Waals surface area contributed by atoms with Crippen LogP contribution in [0.1, 0.15) is 0 Å². The molecule has 2 nitrogen and oxygen atoms in total. The highest BCUT2D eigenvalue weighted by Crippen LogP contribution is 2.36. The average Bonchev–Trinajstić information content (AvgIpc) is 2.79. The van der Waals surface area contributed by atoms with E-state index in [1.807, 2.05) is 48.7 Å². The van der Waals surface area contributed by atoms with E-state index in [0.717, 1.165) is 32.8 Å². The Morgan fingerprint density at radius 2 is 1.83 bits per heavy atom. The van der Waals surface area contributed by atoms with Gasteiger partial charge in [-0.3, -0.25) is 4.98 Å². The molecule has 18 heavy (non-hydrogen) atoms. The van der Waals surface area contributed by atoms with Crippen molar-refractivity contribution in [1.29, 1.82) is 0 Å². The van der Waals surface area contributed by atoms with Crippen LogP contribution in [0.25, 0.3) is 32.8 Å². The molecule has 2 aromatic heterocycles. The topological polar surface area (TPSA) is 26.0 Å². The van der Waals surface area contributed by atoms with Crippen molar-refractivity contribution >= 4 is 44.4 Å². The SMILES string of the molecule is Clc1cccc2oc3c4ccccc4ncc3c12. The number of rotatable bonds is 0. The Hall–Kier alpha value is -2.06. The molecule has 2 heterocycles. The van der Waals surface area contributed by atoms with Gasteiger partial charge in [-0.1, -0.05) is 29.8 Å². The summed E-state index contributed by atoms with van der Waals surface area (Å²) >= 11 is 6.24. The molecule has 0 amide bonds. The predicted molar refractivity (Wildman–Crippen MR) is 74.0 cm³/mol. The van der Waals surface area contributed by atoms with Crippen LogP contribution in [-0.4, -0.2) is 4.98 Å². The second kappa shape index (κ2) is 3.47. The van der Waals surface area contributed by atoms with Crippen LogP contribution in [0.4, 0.5) is 0 Å². The van der Waals surface area contributed by atoms with Gasteiger partial charge in [-0.25, -0.2) is 0 Å². The Balaban J connectivity index is 2.34. The predicted octanol–water partition coefficient (Wildman–Crippen LogP) is 4.79. The number of halogens is 1. The van der Waals surface area contributed by atoms with Crippen molar-refractivity contribution in [2.45, 2.75) is 0 Å². The molecule has 0 aliphatic heterocycles. The van der Waals surface area contributed by atoms with Crippen LogP contribution >= 0.6 is 11.6 Å². The van der Waals surface area contributed by atoms with Crippen LogP contribution in [0, 0.1) is 0 Å². The molecule has 3 heteroatoms. The minimum Gasteiger partial charge on any atom is -0.455 e. The first-order valence-corrected chi connectivity index (χ1v) is 6.07. The van der Waals surface area contributed by atoms with Crippen LogP contribution in [0.5, 0.6) is 0 Å². The Kier molecular flexibility index (Phi) is 1.91. The minimum absolute atomic E-state index is 0.698. The maximum absolute atomic E-state index is 6.24. The second-order valence-electron chi connectivity index (χ2n) is 4.23. The van der Waals surface area contributed by atoms with E-state index in [4.69, 9.17) is 16.0 Å². The quantitative estimate of drug-likeness (QED) is 0.450. The Bertz CT molecular complexity index is 895. The minimum atomic E-state index is 0.698. The zero-order chi connectivity index (χ0) is 12.1. The fourth-order valence-electron chi connectivity index (χ4n) is 2.36. The molecule has 0 spiro atoms. The van der Waals surface area contributed by atoms with Gasteiger partial charge in [0.1, 0.15) is 11.2 Å². The zero-order valence-corrected chi connectivity index (χ0v) is 10.1. The number of benzene rings is 2. The van der Waals surface area contributed by atoms with Gasteiger partial charge in [0.2, 0.25) is 0 Å². The smallest absolute Gasteiger partial charge is 0.146 e. The lowest BCUT2D eigenvalue weighted by atomic mass is 10.1. The van der Waals surface area contributed by atoms with Gasteiger partial charge >= 0.3 is 0 Å². The Labute approximate surface area is 108 Å². The monoisotopic (exact) mass is 253 g/mol. The molecule has 4 aromatic rings. The number of hydrogen-bond donors (Lipinski definition) is 0. The molecule has 0 saturated carbocycles. The Morgan fingerprint density at radius 3 is 2.78 bits per heavy atom. The fourth-order valence-corrected chi connectivity index (χ4v) is 2.63. The van der Waals surface area contributed by atoms with Gasteiger partial charge in [0.05, 0.1) is 10.5 Å². The molecule has 0 saturated heterocycles. The molecule has 0 atom stereocenters. The number of pyridine rings is 1. The highest BCUT2D eigenvalue weighted by atomic mass is 35.5. The van der Waals surface area contributed by atoms with E-state index >= 15 is 0 Å². The van der Waals surface area contributed by atoms with Crippen molar-refractivity contribution in [2.75, 3.05) is 0 Å². The van der Waals surface area contributed by atoms with E-state index in [1.165, 1.54) is 0 Å². The van der Waals surface area contributed by atoms with E-state index < -0.39 is 0 Å². The van der Waals surface area contributed by atoms with Crippen molar-refractivity contribution in [2.24, 2.45) is 0 Å². The Morgan fingerprint density at radius 1 is 0.944 bits per heavy atom. The molecular formula is C15H8ClNO. The summed E-state index contributed by atoms with van der Waals surface area (Å²) in [7, 11) is 0. The number of fused-ring (bicyclic) bond motifs is 5. The molecule has 0 bridgehead atoms. The first kappa shape index (κ1) is 9.92. The van der Waals surface area contributed by atoms with Crippen LogP contribution in [0.3, 0.4) is 0 Å². The van der Waals surface area contributed by atoms with Gasteiger partial charge in [-0.2, -0.15) is 0 Å². The van der Waals surface area contributed by atoms with E-state index in [2.05, 4.69) is 4.98 Å². The van der Waals surface area contributed by atoms with Crippen LogP contribution in [0.2, 0.25) is 5.02 Å². The van der Waals surface area contributed by atoms with Crippen molar-refractivity contribution in [3.8, 4) is 0 Å². The molecule has 86 valence electrons. The normalized spacial score (nSPS) is 11.6. The summed E-state index contributed by atoms with van der Waals surface area (Å²) in [6.07, 6.45) is 1.83. The van der Waals surface area contributed by atoms with Crippen LogP contribution < -0.4 is 0 Å².